The van der Waals surface area contributed by atoms with Crippen LogP contribution in [-0.4, -0.2) is 11.6 Å². The second kappa shape index (κ2) is 10.1. The highest BCUT2D eigenvalue weighted by Crippen LogP contribution is 2.43. The lowest BCUT2D eigenvalue weighted by Crippen LogP contribution is -2.27. The lowest BCUT2D eigenvalue weighted by Gasteiger charge is -2.36. The molecular formula is C27H48O2. The van der Waals surface area contributed by atoms with Crippen molar-refractivity contribution in [1.29, 1.82) is 0 Å². The summed E-state index contributed by atoms with van der Waals surface area (Å²) in [4.78, 5) is 12.5. The first-order valence-electron chi connectivity index (χ1n) is 11.1. The molecule has 168 valence electrons. The molecule has 1 atom stereocenters. The zero-order chi connectivity index (χ0) is 23.3. The highest BCUT2D eigenvalue weighted by molar-refractivity contribution is 5.89. The van der Waals surface area contributed by atoms with Crippen molar-refractivity contribution in [2.24, 2.45) is 16.2 Å². The number of carbonyl (C=O) groups is 1. The molecule has 0 aliphatic rings. The van der Waals surface area contributed by atoms with E-state index in [1.165, 1.54) is 5.56 Å². The molecule has 0 saturated heterocycles. The number of esters is 1. The van der Waals surface area contributed by atoms with Gasteiger partial charge >= 0.3 is 5.97 Å². The third-order valence-corrected chi connectivity index (χ3v) is 4.61. The van der Waals surface area contributed by atoms with Crippen molar-refractivity contribution in [3.63, 3.8) is 0 Å². The van der Waals surface area contributed by atoms with Crippen molar-refractivity contribution >= 4 is 5.97 Å². The Kier molecular flexibility index (Phi) is 9.68. The van der Waals surface area contributed by atoms with Gasteiger partial charge in [0.05, 0.1) is 5.56 Å². The highest BCUT2D eigenvalue weighted by atomic mass is 16.6. The third kappa shape index (κ3) is 12.8. The molecule has 0 amide bonds. The van der Waals surface area contributed by atoms with E-state index < -0.39 is 5.60 Å². The van der Waals surface area contributed by atoms with Gasteiger partial charge in [0, 0.05) is 0 Å². The molecule has 0 aliphatic carbocycles. The molecule has 1 unspecified atom stereocenters. The molecule has 0 heterocycles. The van der Waals surface area contributed by atoms with Gasteiger partial charge in [0.2, 0.25) is 0 Å². The van der Waals surface area contributed by atoms with Crippen LogP contribution in [0.5, 0.6) is 0 Å². The van der Waals surface area contributed by atoms with Crippen LogP contribution >= 0.6 is 0 Å². The Morgan fingerprint density at radius 2 is 1.38 bits per heavy atom. The van der Waals surface area contributed by atoms with Gasteiger partial charge in [0.15, 0.2) is 0 Å². The maximum atomic E-state index is 12.5. The summed E-state index contributed by atoms with van der Waals surface area (Å²) in [5.74, 6) is 0.163. The molecule has 1 rings (SSSR count). The van der Waals surface area contributed by atoms with Gasteiger partial charge in [-0.15, -0.1) is 0 Å². The van der Waals surface area contributed by atoms with Crippen LogP contribution in [0.2, 0.25) is 0 Å². The van der Waals surface area contributed by atoms with Gasteiger partial charge in [-0.1, -0.05) is 88.3 Å². The van der Waals surface area contributed by atoms with Gasteiger partial charge in [-0.3, -0.25) is 0 Å². The molecule has 0 aliphatic heterocycles. The fourth-order valence-electron chi connectivity index (χ4n) is 2.80. The van der Waals surface area contributed by atoms with E-state index in [9.17, 15) is 4.79 Å². The van der Waals surface area contributed by atoms with Gasteiger partial charge in [-0.2, -0.15) is 0 Å². The maximum absolute atomic E-state index is 12.5. The molecule has 0 fully saturated rings. The minimum absolute atomic E-state index is 0.137. The van der Waals surface area contributed by atoms with Crippen molar-refractivity contribution in [3.05, 3.63) is 35.4 Å². The smallest absolute Gasteiger partial charge is 0.338 e. The first-order chi connectivity index (χ1) is 12.7. The number of carbonyl (C=O) groups excluding carboxylic acids is 1. The molecule has 2 nitrogen and oxygen atoms in total. The van der Waals surface area contributed by atoms with E-state index in [4.69, 9.17) is 4.74 Å². The summed E-state index contributed by atoms with van der Waals surface area (Å²) in [7, 11) is 0. The summed E-state index contributed by atoms with van der Waals surface area (Å²) in [6, 6.07) is 8.00. The van der Waals surface area contributed by atoms with Crippen LogP contribution in [0.25, 0.3) is 0 Å². The standard InChI is InChI=1S/C22H36O2.C5H12/c1-10-22(8,9)24-19(23)17-13-11-12-16(14-17)18(21(5,6)7)15-20(2,3)4;1-5(2,3)4/h11-14,18H,10,15H2,1-9H3;1-4H3. The first kappa shape index (κ1) is 27.7. The Morgan fingerprint density at radius 1 is 0.897 bits per heavy atom. The fraction of sp³-hybridized carbons (Fsp3) is 0.741. The summed E-state index contributed by atoms with van der Waals surface area (Å²) in [5.41, 5.74) is 2.32. The molecular weight excluding hydrogens is 356 g/mol. The Hall–Kier alpha value is -1.31. The average Bonchev–Trinajstić information content (AvgIpc) is 2.49. The fourth-order valence-corrected chi connectivity index (χ4v) is 2.80. The van der Waals surface area contributed by atoms with Crippen molar-refractivity contribution in [3.8, 4) is 0 Å². The highest BCUT2D eigenvalue weighted by Gasteiger charge is 2.31. The molecule has 1 aromatic rings. The van der Waals surface area contributed by atoms with Crippen LogP contribution in [-0.2, 0) is 4.74 Å². The zero-order valence-electron chi connectivity index (χ0n) is 21.6. The van der Waals surface area contributed by atoms with Crippen LogP contribution < -0.4 is 0 Å². The SMILES string of the molecule is CC(C)(C)C.CCC(C)(C)OC(=O)c1cccc(C(CC(C)(C)C)C(C)(C)C)c1. The summed E-state index contributed by atoms with van der Waals surface area (Å²) in [5, 5.41) is 0. The topological polar surface area (TPSA) is 26.3 Å². The normalized spacial score (nSPS) is 14.0. The van der Waals surface area contributed by atoms with E-state index in [1.54, 1.807) is 0 Å². The quantitative estimate of drug-likeness (QED) is 0.459. The van der Waals surface area contributed by atoms with Gasteiger partial charge in [0.25, 0.3) is 0 Å². The van der Waals surface area contributed by atoms with Gasteiger partial charge in [-0.05, 0) is 66.5 Å². The molecule has 0 radical (unpaired) electrons. The van der Waals surface area contributed by atoms with Crippen molar-refractivity contribution in [2.45, 2.75) is 114 Å². The third-order valence-electron chi connectivity index (χ3n) is 4.61. The van der Waals surface area contributed by atoms with E-state index in [0.717, 1.165) is 12.8 Å². The minimum atomic E-state index is -0.429. The molecule has 0 N–H and O–H groups in total. The van der Waals surface area contributed by atoms with Crippen molar-refractivity contribution < 1.29 is 9.53 Å². The average molecular weight is 405 g/mol. The van der Waals surface area contributed by atoms with Gasteiger partial charge in [0.1, 0.15) is 5.60 Å². The number of benzene rings is 1. The number of rotatable bonds is 5. The Balaban J connectivity index is 0.00000139. The summed E-state index contributed by atoms with van der Waals surface area (Å²) < 4.78 is 5.66. The number of hydrogen-bond donors (Lipinski definition) is 0. The summed E-state index contributed by atoms with van der Waals surface area (Å²) in [6.07, 6.45) is 1.88. The van der Waals surface area contributed by atoms with E-state index in [2.05, 4.69) is 75.3 Å². The Labute approximate surface area is 181 Å². The van der Waals surface area contributed by atoms with Gasteiger partial charge in [-0.25, -0.2) is 4.79 Å². The monoisotopic (exact) mass is 404 g/mol. The van der Waals surface area contributed by atoms with E-state index in [1.807, 2.05) is 39.0 Å². The lowest BCUT2D eigenvalue weighted by atomic mass is 9.69. The summed E-state index contributed by atoms with van der Waals surface area (Å²) in [6.45, 7) is 28.3. The Morgan fingerprint density at radius 3 is 1.76 bits per heavy atom. The predicted molar refractivity (Wildman–Crippen MR) is 128 cm³/mol. The molecule has 2 heteroatoms. The molecule has 0 saturated carbocycles. The second-order valence-corrected chi connectivity index (χ2v) is 12.8. The summed E-state index contributed by atoms with van der Waals surface area (Å²) >= 11 is 0. The zero-order valence-corrected chi connectivity index (χ0v) is 21.6. The number of hydrogen-bond acceptors (Lipinski definition) is 2. The lowest BCUT2D eigenvalue weighted by molar-refractivity contribution is -0.00246. The molecule has 0 bridgehead atoms. The van der Waals surface area contributed by atoms with Crippen molar-refractivity contribution in [2.75, 3.05) is 0 Å². The van der Waals surface area contributed by atoms with Crippen molar-refractivity contribution in [1.82, 2.24) is 0 Å². The van der Waals surface area contributed by atoms with Gasteiger partial charge < -0.3 is 4.74 Å². The van der Waals surface area contributed by atoms with Crippen LogP contribution in [0.4, 0.5) is 0 Å². The van der Waals surface area contributed by atoms with E-state index in [-0.39, 0.29) is 16.8 Å². The molecule has 1 aromatic carbocycles. The molecule has 29 heavy (non-hydrogen) atoms. The first-order valence-corrected chi connectivity index (χ1v) is 11.1. The second-order valence-electron chi connectivity index (χ2n) is 12.8. The van der Waals surface area contributed by atoms with E-state index >= 15 is 0 Å². The van der Waals surface area contributed by atoms with E-state index in [0.29, 0.717) is 16.9 Å². The molecule has 0 spiro atoms. The largest absolute Gasteiger partial charge is 0.456 e. The van der Waals surface area contributed by atoms with Crippen LogP contribution in [0.15, 0.2) is 24.3 Å². The van der Waals surface area contributed by atoms with Crippen LogP contribution in [0, 0.1) is 16.2 Å². The predicted octanol–water partition coefficient (Wildman–Crippen LogP) is 8.65. The number of ether oxygens (including phenoxy) is 1. The van der Waals surface area contributed by atoms with Crippen LogP contribution in [0.3, 0.4) is 0 Å². The maximum Gasteiger partial charge on any atom is 0.338 e. The minimum Gasteiger partial charge on any atom is -0.456 e. The van der Waals surface area contributed by atoms with Crippen LogP contribution in [0.1, 0.15) is 125 Å². The Bertz CT molecular complexity index is 628. The molecule has 0 aromatic heterocycles.